The van der Waals surface area contributed by atoms with E-state index in [1.807, 2.05) is 0 Å². The van der Waals surface area contributed by atoms with Crippen LogP contribution in [0.15, 0.2) is 67.0 Å². The Labute approximate surface area is 201 Å². The number of phenolic OH excluding ortho intramolecular Hbond substituents is 1. The number of carbonyl (C=O) groups is 1. The lowest BCUT2D eigenvalue weighted by molar-refractivity contribution is -0.137. The lowest BCUT2D eigenvalue weighted by Gasteiger charge is -2.09. The number of halogens is 5. The predicted molar refractivity (Wildman–Crippen MR) is 119 cm³/mol. The van der Waals surface area contributed by atoms with Gasteiger partial charge in [0.25, 0.3) is 0 Å². The van der Waals surface area contributed by atoms with E-state index in [1.54, 1.807) is 24.3 Å². The molecule has 0 aliphatic heterocycles. The van der Waals surface area contributed by atoms with Gasteiger partial charge in [0.1, 0.15) is 17.8 Å². The molecule has 0 amide bonds. The Morgan fingerprint density at radius 3 is 2.09 bits per heavy atom. The molecule has 1 N–H and O–H groups in total. The van der Waals surface area contributed by atoms with E-state index in [0.717, 1.165) is 12.1 Å². The van der Waals surface area contributed by atoms with E-state index in [0.29, 0.717) is 17.0 Å². The maximum Gasteiger partial charge on any atom is 0.416 e. The molecule has 174 valence electrons. The molecule has 0 saturated carbocycles. The van der Waals surface area contributed by atoms with Crippen molar-refractivity contribution in [3.05, 3.63) is 94.0 Å². The van der Waals surface area contributed by atoms with Gasteiger partial charge in [-0.1, -0.05) is 35.3 Å². The lowest BCUT2D eigenvalue weighted by atomic mass is 10.1. The van der Waals surface area contributed by atoms with Crippen molar-refractivity contribution < 1.29 is 27.8 Å². The number of ether oxygens (including phenoxy) is 1. The molecule has 4 aromatic rings. The smallest absolute Gasteiger partial charge is 0.416 e. The van der Waals surface area contributed by atoms with E-state index >= 15 is 0 Å². The van der Waals surface area contributed by atoms with Gasteiger partial charge in [-0.15, -0.1) is 5.10 Å². The number of hydrogen-bond acceptors (Lipinski definition) is 5. The number of alkyl halides is 3. The highest BCUT2D eigenvalue weighted by atomic mass is 35.5. The second kappa shape index (κ2) is 9.36. The van der Waals surface area contributed by atoms with E-state index in [2.05, 4.69) is 10.1 Å². The number of Topliss-reactive ketones (excluding diaryl/α,β-unsaturated/α-hetero) is 1. The number of ketones is 1. The van der Waals surface area contributed by atoms with Gasteiger partial charge in [-0.3, -0.25) is 4.79 Å². The van der Waals surface area contributed by atoms with Gasteiger partial charge < -0.3 is 9.84 Å². The van der Waals surface area contributed by atoms with Gasteiger partial charge in [-0.2, -0.15) is 13.2 Å². The zero-order chi connectivity index (χ0) is 24.5. The molecule has 3 aromatic carbocycles. The van der Waals surface area contributed by atoms with Crippen LogP contribution >= 0.6 is 23.2 Å². The van der Waals surface area contributed by atoms with E-state index in [-0.39, 0.29) is 39.6 Å². The number of nitrogens with zero attached hydrogens (tertiary/aromatic N) is 3. The fourth-order valence-corrected chi connectivity index (χ4v) is 3.46. The molecule has 0 radical (unpaired) electrons. The molecule has 0 aliphatic carbocycles. The van der Waals surface area contributed by atoms with E-state index < -0.39 is 11.7 Å². The molecule has 4 rings (SSSR count). The fourth-order valence-electron chi connectivity index (χ4n) is 2.99. The van der Waals surface area contributed by atoms with Crippen LogP contribution in [0, 0.1) is 0 Å². The molecule has 34 heavy (non-hydrogen) atoms. The Bertz CT molecular complexity index is 1320. The summed E-state index contributed by atoms with van der Waals surface area (Å²) in [4.78, 5) is 16.6. The number of phenols is 1. The second-order valence-corrected chi connectivity index (χ2v) is 7.95. The summed E-state index contributed by atoms with van der Waals surface area (Å²) in [6, 6.07) is 13.7. The summed E-state index contributed by atoms with van der Waals surface area (Å²) in [5, 5.41) is 13.9. The number of hydrogen-bond donors (Lipinski definition) is 1. The van der Waals surface area contributed by atoms with Crippen molar-refractivity contribution >= 4 is 29.0 Å². The monoisotopic (exact) mass is 507 g/mol. The fraction of sp³-hybridized carbons (Fsp3) is 0.0870. The van der Waals surface area contributed by atoms with Crippen molar-refractivity contribution in [1.82, 2.24) is 14.8 Å². The minimum atomic E-state index is -4.42. The van der Waals surface area contributed by atoms with Crippen molar-refractivity contribution in [3.8, 4) is 22.9 Å². The zero-order valence-corrected chi connectivity index (χ0v) is 18.6. The van der Waals surface area contributed by atoms with Gasteiger partial charge in [0, 0.05) is 6.42 Å². The molecule has 1 aromatic heterocycles. The SMILES string of the molecule is O=C(Cc1ccc(Oc2ccc(C(F)(F)F)cc2)cc1)c1ncn(-c2cc(Cl)c(O)c(Cl)c2)n1. The zero-order valence-electron chi connectivity index (χ0n) is 17.1. The van der Waals surface area contributed by atoms with Gasteiger partial charge in [0.05, 0.1) is 21.3 Å². The maximum absolute atomic E-state index is 12.7. The first-order valence-corrected chi connectivity index (χ1v) is 10.4. The Morgan fingerprint density at radius 2 is 1.53 bits per heavy atom. The summed E-state index contributed by atoms with van der Waals surface area (Å²) in [7, 11) is 0. The summed E-state index contributed by atoms with van der Waals surface area (Å²) in [5.41, 5.74) is 0.322. The number of rotatable bonds is 6. The van der Waals surface area contributed by atoms with Crippen molar-refractivity contribution in [2.24, 2.45) is 0 Å². The summed E-state index contributed by atoms with van der Waals surface area (Å²) < 4.78 is 44.8. The Morgan fingerprint density at radius 1 is 0.971 bits per heavy atom. The highest BCUT2D eigenvalue weighted by Crippen LogP contribution is 2.34. The van der Waals surface area contributed by atoms with E-state index in [4.69, 9.17) is 27.9 Å². The third-order valence-electron chi connectivity index (χ3n) is 4.71. The minimum Gasteiger partial charge on any atom is -0.505 e. The number of carbonyl (C=O) groups excluding carboxylic acids is 1. The molecule has 1 heterocycles. The van der Waals surface area contributed by atoms with Crippen LogP contribution in [-0.4, -0.2) is 25.7 Å². The third kappa shape index (κ3) is 5.32. The molecule has 0 saturated heterocycles. The summed E-state index contributed by atoms with van der Waals surface area (Å²) >= 11 is 11.8. The first-order valence-electron chi connectivity index (χ1n) is 9.67. The summed E-state index contributed by atoms with van der Waals surface area (Å²) in [6.45, 7) is 0. The normalized spacial score (nSPS) is 11.4. The lowest BCUT2D eigenvalue weighted by Crippen LogP contribution is -2.07. The highest BCUT2D eigenvalue weighted by molar-refractivity contribution is 6.37. The number of benzene rings is 3. The molecular weight excluding hydrogens is 494 g/mol. The third-order valence-corrected chi connectivity index (χ3v) is 5.29. The topological polar surface area (TPSA) is 77.2 Å². The van der Waals surface area contributed by atoms with Crippen LogP contribution < -0.4 is 4.74 Å². The summed E-state index contributed by atoms with van der Waals surface area (Å²) in [5.74, 6) is 0.0335. The Kier molecular flexibility index (Phi) is 6.49. The van der Waals surface area contributed by atoms with Crippen LogP contribution in [0.4, 0.5) is 13.2 Å². The molecule has 0 fully saturated rings. The van der Waals surface area contributed by atoms with Crippen molar-refractivity contribution in [1.29, 1.82) is 0 Å². The molecule has 0 unspecified atom stereocenters. The Balaban J connectivity index is 1.40. The molecular formula is C23H14Cl2F3N3O3. The van der Waals surface area contributed by atoms with Crippen LogP contribution in [0.1, 0.15) is 21.7 Å². The van der Waals surface area contributed by atoms with Crippen molar-refractivity contribution in [2.45, 2.75) is 12.6 Å². The number of aromatic nitrogens is 3. The van der Waals surface area contributed by atoms with E-state index in [1.165, 1.54) is 35.3 Å². The van der Waals surface area contributed by atoms with Gasteiger partial charge in [0.15, 0.2) is 5.75 Å². The van der Waals surface area contributed by atoms with Gasteiger partial charge in [-0.25, -0.2) is 9.67 Å². The largest absolute Gasteiger partial charge is 0.505 e. The average molecular weight is 508 g/mol. The standard InChI is InChI=1S/C23H14Cl2F3N3O3/c24-18-10-15(11-19(25)21(18)33)31-12-29-22(30-31)20(32)9-13-1-5-16(6-2-13)34-17-7-3-14(4-8-17)23(26,27)28/h1-8,10-12,33H,9H2. The van der Waals surface area contributed by atoms with Crippen LogP contribution in [0.3, 0.4) is 0 Å². The maximum atomic E-state index is 12.7. The summed E-state index contributed by atoms with van der Waals surface area (Å²) in [6.07, 6.45) is -3.07. The minimum absolute atomic E-state index is 0.0155. The second-order valence-electron chi connectivity index (χ2n) is 7.14. The molecule has 6 nitrogen and oxygen atoms in total. The number of aromatic hydroxyl groups is 1. The first kappa shape index (κ1) is 23.6. The van der Waals surface area contributed by atoms with Crippen molar-refractivity contribution in [2.75, 3.05) is 0 Å². The molecule has 0 spiro atoms. The predicted octanol–water partition coefficient (Wildman–Crippen LogP) is 6.52. The molecule has 11 heteroatoms. The van der Waals surface area contributed by atoms with Gasteiger partial charge >= 0.3 is 6.18 Å². The first-order chi connectivity index (χ1) is 16.1. The van der Waals surface area contributed by atoms with Gasteiger partial charge in [-0.05, 0) is 54.1 Å². The molecule has 0 atom stereocenters. The highest BCUT2D eigenvalue weighted by Gasteiger charge is 2.30. The van der Waals surface area contributed by atoms with Crippen LogP contribution in [0.2, 0.25) is 10.0 Å². The van der Waals surface area contributed by atoms with Crippen LogP contribution in [0.5, 0.6) is 17.2 Å². The van der Waals surface area contributed by atoms with Crippen LogP contribution in [0.25, 0.3) is 5.69 Å². The molecule has 0 bridgehead atoms. The Hall–Kier alpha value is -3.56. The van der Waals surface area contributed by atoms with Crippen molar-refractivity contribution in [3.63, 3.8) is 0 Å². The average Bonchev–Trinajstić information content (AvgIpc) is 3.29. The van der Waals surface area contributed by atoms with Gasteiger partial charge in [0.2, 0.25) is 11.6 Å². The van der Waals surface area contributed by atoms with E-state index in [9.17, 15) is 23.1 Å². The quantitative estimate of drug-likeness (QED) is 0.300. The molecule has 0 aliphatic rings. The van der Waals surface area contributed by atoms with Crippen LogP contribution in [-0.2, 0) is 12.6 Å².